The number of carbonyl (C=O) groups is 1. The molecule has 2 heteroatoms. The minimum Gasteiger partial charge on any atom is -0.326 e. The number of aldehydes is 1. The molecule has 88 valence electrons. The van der Waals surface area contributed by atoms with Crippen molar-refractivity contribution in [3.8, 4) is 0 Å². The van der Waals surface area contributed by atoms with Crippen LogP contribution in [0.25, 0.3) is 0 Å². The Labute approximate surface area is 97.9 Å². The molecule has 1 unspecified atom stereocenters. The van der Waals surface area contributed by atoms with Crippen molar-refractivity contribution in [1.29, 1.82) is 0 Å². The maximum absolute atomic E-state index is 10.6. The number of benzene rings is 1. The van der Waals surface area contributed by atoms with Crippen molar-refractivity contribution in [2.45, 2.75) is 45.6 Å². The number of nitrogens with two attached hydrogens (primary N) is 1. The zero-order chi connectivity index (χ0) is 12.1. The maximum Gasteiger partial charge on any atom is 0.120 e. The van der Waals surface area contributed by atoms with Crippen molar-refractivity contribution >= 4 is 6.29 Å². The topological polar surface area (TPSA) is 43.1 Å². The molecular weight excluding hydrogens is 198 g/mol. The third-order valence-corrected chi connectivity index (χ3v) is 3.04. The first-order valence-corrected chi connectivity index (χ1v) is 5.86. The summed E-state index contributed by atoms with van der Waals surface area (Å²) in [5.74, 6) is 0.767. The van der Waals surface area contributed by atoms with Gasteiger partial charge in [-0.1, -0.05) is 39.0 Å². The predicted molar refractivity (Wildman–Crippen MR) is 67.5 cm³/mol. The fourth-order valence-electron chi connectivity index (χ4n) is 1.89. The Balaban J connectivity index is 3.10. The molecule has 0 aliphatic rings. The zero-order valence-corrected chi connectivity index (χ0v) is 10.4. The van der Waals surface area contributed by atoms with Gasteiger partial charge in [0, 0.05) is 13.0 Å². The SMILES string of the molecule is CC(C)c1ccc(CN)c(C(C)CC=O)c1. The van der Waals surface area contributed by atoms with E-state index in [4.69, 9.17) is 5.73 Å². The highest BCUT2D eigenvalue weighted by molar-refractivity contribution is 5.52. The lowest BCUT2D eigenvalue weighted by molar-refractivity contribution is -0.108. The molecule has 0 aromatic heterocycles. The molecule has 1 rings (SSSR count). The molecule has 2 N–H and O–H groups in total. The van der Waals surface area contributed by atoms with Crippen molar-refractivity contribution in [2.24, 2.45) is 5.73 Å². The van der Waals surface area contributed by atoms with Gasteiger partial charge < -0.3 is 10.5 Å². The van der Waals surface area contributed by atoms with Crippen molar-refractivity contribution in [3.05, 3.63) is 34.9 Å². The van der Waals surface area contributed by atoms with Gasteiger partial charge in [-0.25, -0.2) is 0 Å². The molecule has 0 amide bonds. The molecule has 0 aliphatic carbocycles. The number of rotatable bonds is 5. The molecule has 0 bridgehead atoms. The van der Waals surface area contributed by atoms with E-state index in [1.54, 1.807) is 0 Å². The normalized spacial score (nSPS) is 12.8. The summed E-state index contributed by atoms with van der Waals surface area (Å²) in [6, 6.07) is 6.41. The maximum atomic E-state index is 10.6. The predicted octanol–water partition coefficient (Wildman–Crippen LogP) is 2.96. The van der Waals surface area contributed by atoms with Gasteiger partial charge in [-0.05, 0) is 28.5 Å². The average Bonchev–Trinajstić information content (AvgIpc) is 2.28. The quantitative estimate of drug-likeness (QED) is 0.774. The molecule has 1 aromatic carbocycles. The van der Waals surface area contributed by atoms with E-state index in [2.05, 4.69) is 39.0 Å². The van der Waals surface area contributed by atoms with Gasteiger partial charge in [-0.2, -0.15) is 0 Å². The average molecular weight is 219 g/mol. The van der Waals surface area contributed by atoms with E-state index in [1.165, 1.54) is 11.1 Å². The Morgan fingerprint density at radius 1 is 1.31 bits per heavy atom. The van der Waals surface area contributed by atoms with Gasteiger partial charge in [0.2, 0.25) is 0 Å². The van der Waals surface area contributed by atoms with Crippen molar-refractivity contribution in [2.75, 3.05) is 0 Å². The van der Waals surface area contributed by atoms with Gasteiger partial charge in [-0.3, -0.25) is 0 Å². The van der Waals surface area contributed by atoms with E-state index in [9.17, 15) is 4.79 Å². The minimum absolute atomic E-state index is 0.259. The Hall–Kier alpha value is -1.15. The summed E-state index contributed by atoms with van der Waals surface area (Å²) in [5, 5.41) is 0. The van der Waals surface area contributed by atoms with Crippen LogP contribution >= 0.6 is 0 Å². The van der Waals surface area contributed by atoms with E-state index >= 15 is 0 Å². The monoisotopic (exact) mass is 219 g/mol. The number of hydrogen-bond acceptors (Lipinski definition) is 2. The summed E-state index contributed by atoms with van der Waals surface area (Å²) in [7, 11) is 0. The van der Waals surface area contributed by atoms with Gasteiger partial charge >= 0.3 is 0 Å². The Morgan fingerprint density at radius 2 is 2.00 bits per heavy atom. The van der Waals surface area contributed by atoms with Gasteiger partial charge in [-0.15, -0.1) is 0 Å². The number of hydrogen-bond donors (Lipinski definition) is 1. The fourth-order valence-corrected chi connectivity index (χ4v) is 1.89. The number of carbonyl (C=O) groups excluding carboxylic acids is 1. The lowest BCUT2D eigenvalue weighted by atomic mass is 9.89. The van der Waals surface area contributed by atoms with E-state index in [0.717, 1.165) is 11.8 Å². The Bertz CT molecular complexity index is 358. The van der Waals surface area contributed by atoms with Gasteiger partial charge in [0.1, 0.15) is 6.29 Å². The highest BCUT2D eigenvalue weighted by atomic mass is 16.1. The lowest BCUT2D eigenvalue weighted by Gasteiger charge is -2.16. The second kappa shape index (κ2) is 5.80. The smallest absolute Gasteiger partial charge is 0.120 e. The molecule has 1 atom stereocenters. The van der Waals surface area contributed by atoms with E-state index in [-0.39, 0.29) is 5.92 Å². The summed E-state index contributed by atoms with van der Waals surface area (Å²) < 4.78 is 0. The molecule has 0 fully saturated rings. The van der Waals surface area contributed by atoms with Crippen molar-refractivity contribution in [3.63, 3.8) is 0 Å². The van der Waals surface area contributed by atoms with Crippen LogP contribution in [-0.4, -0.2) is 6.29 Å². The molecule has 0 saturated carbocycles. The van der Waals surface area contributed by atoms with Crippen LogP contribution < -0.4 is 5.73 Å². The molecule has 0 saturated heterocycles. The van der Waals surface area contributed by atoms with E-state index in [1.807, 2.05) is 0 Å². The summed E-state index contributed by atoms with van der Waals surface area (Å²) in [6.45, 7) is 6.96. The van der Waals surface area contributed by atoms with E-state index in [0.29, 0.717) is 18.9 Å². The van der Waals surface area contributed by atoms with Crippen LogP contribution in [0.2, 0.25) is 0 Å². The first kappa shape index (κ1) is 12.9. The van der Waals surface area contributed by atoms with Crippen LogP contribution in [0.1, 0.15) is 55.7 Å². The van der Waals surface area contributed by atoms with Crippen LogP contribution in [0, 0.1) is 0 Å². The van der Waals surface area contributed by atoms with Crippen LogP contribution in [0.3, 0.4) is 0 Å². The lowest BCUT2D eigenvalue weighted by Crippen LogP contribution is -2.06. The molecule has 0 aliphatic heterocycles. The van der Waals surface area contributed by atoms with E-state index < -0.39 is 0 Å². The molecule has 0 spiro atoms. The molecule has 1 aromatic rings. The summed E-state index contributed by atoms with van der Waals surface area (Å²) in [5.41, 5.74) is 9.41. The highest BCUT2D eigenvalue weighted by Crippen LogP contribution is 2.26. The van der Waals surface area contributed by atoms with Gasteiger partial charge in [0.05, 0.1) is 0 Å². The Kier molecular flexibility index (Phi) is 4.69. The van der Waals surface area contributed by atoms with Crippen LogP contribution in [-0.2, 0) is 11.3 Å². The Morgan fingerprint density at radius 3 is 2.50 bits per heavy atom. The van der Waals surface area contributed by atoms with Crippen molar-refractivity contribution < 1.29 is 4.79 Å². The molecule has 2 nitrogen and oxygen atoms in total. The highest BCUT2D eigenvalue weighted by Gasteiger charge is 2.11. The zero-order valence-electron chi connectivity index (χ0n) is 10.4. The third-order valence-electron chi connectivity index (χ3n) is 3.04. The third kappa shape index (κ3) is 2.92. The second-order valence-corrected chi connectivity index (χ2v) is 4.62. The molecule has 0 heterocycles. The standard InChI is InChI=1S/C14H21NO/c1-10(2)12-4-5-13(9-15)14(8-12)11(3)6-7-16/h4-5,7-8,10-11H,6,9,15H2,1-3H3. The largest absolute Gasteiger partial charge is 0.326 e. The van der Waals surface area contributed by atoms with Crippen LogP contribution in [0.5, 0.6) is 0 Å². The first-order valence-electron chi connectivity index (χ1n) is 5.86. The van der Waals surface area contributed by atoms with Gasteiger partial charge in [0.15, 0.2) is 0 Å². The van der Waals surface area contributed by atoms with Gasteiger partial charge in [0.25, 0.3) is 0 Å². The molecule has 0 radical (unpaired) electrons. The van der Waals surface area contributed by atoms with Crippen LogP contribution in [0.15, 0.2) is 18.2 Å². The summed E-state index contributed by atoms with van der Waals surface area (Å²) in [6.07, 6.45) is 1.54. The molecular formula is C14H21NO. The second-order valence-electron chi connectivity index (χ2n) is 4.62. The fraction of sp³-hybridized carbons (Fsp3) is 0.500. The summed E-state index contributed by atoms with van der Waals surface area (Å²) in [4.78, 5) is 10.6. The summed E-state index contributed by atoms with van der Waals surface area (Å²) >= 11 is 0. The minimum atomic E-state index is 0.259. The first-order chi connectivity index (χ1) is 7.60. The molecule has 16 heavy (non-hydrogen) atoms. The van der Waals surface area contributed by atoms with Crippen LogP contribution in [0.4, 0.5) is 0 Å². The van der Waals surface area contributed by atoms with Crippen molar-refractivity contribution in [1.82, 2.24) is 0 Å².